The van der Waals surface area contributed by atoms with E-state index in [-0.39, 0.29) is 44.7 Å². The highest BCUT2D eigenvalue weighted by Gasteiger charge is 2.48. The lowest BCUT2D eigenvalue weighted by atomic mass is 9.95. The van der Waals surface area contributed by atoms with Crippen LogP contribution in [0.3, 0.4) is 0 Å². The van der Waals surface area contributed by atoms with Crippen LogP contribution >= 0.6 is 11.3 Å². The van der Waals surface area contributed by atoms with Crippen molar-refractivity contribution in [2.24, 2.45) is 0 Å². The molecule has 0 radical (unpaired) electrons. The van der Waals surface area contributed by atoms with Crippen molar-refractivity contribution in [2.45, 2.75) is 19.9 Å². The van der Waals surface area contributed by atoms with Crippen LogP contribution in [0, 0.1) is 22.9 Å². The highest BCUT2D eigenvalue weighted by atomic mass is 32.1. The standard InChI is InChI=1S/C24H18FN3O7S/c1-3-35-23(32)21-12(2)26-24(36-21)27-18(13-6-10-16(11-7-13)28(33)34)17(20(30)22(27)31)19(29)14-4-8-15(25)9-5-14/h4-11,18,29H,3H2,1-2H3/b19-17+. The Labute approximate surface area is 207 Å². The Kier molecular flexibility index (Phi) is 6.62. The molecule has 1 aliphatic heterocycles. The number of hydrogen-bond donors (Lipinski definition) is 1. The van der Waals surface area contributed by atoms with Crippen molar-refractivity contribution in [3.8, 4) is 0 Å². The van der Waals surface area contributed by atoms with Gasteiger partial charge in [0.1, 0.15) is 16.5 Å². The van der Waals surface area contributed by atoms with E-state index in [1.54, 1.807) is 13.8 Å². The van der Waals surface area contributed by atoms with Gasteiger partial charge in [0.2, 0.25) is 0 Å². The zero-order valence-corrected chi connectivity index (χ0v) is 19.7. The number of non-ortho nitro benzene ring substituents is 1. The van der Waals surface area contributed by atoms with Gasteiger partial charge in [0, 0.05) is 17.7 Å². The van der Waals surface area contributed by atoms with Crippen LogP contribution in [0.1, 0.15) is 39.5 Å². The minimum Gasteiger partial charge on any atom is -0.507 e. The molecule has 12 heteroatoms. The first kappa shape index (κ1) is 24.7. The number of aliphatic hydroxyl groups excluding tert-OH is 1. The minimum absolute atomic E-state index is 0.000776. The fourth-order valence-corrected chi connectivity index (χ4v) is 4.75. The molecule has 10 nitrogen and oxygen atoms in total. The van der Waals surface area contributed by atoms with Crippen molar-refractivity contribution in [1.29, 1.82) is 0 Å². The molecule has 1 saturated heterocycles. The van der Waals surface area contributed by atoms with Crippen LogP contribution in [-0.4, -0.2) is 39.3 Å². The second-order valence-corrected chi connectivity index (χ2v) is 8.63. The summed E-state index contributed by atoms with van der Waals surface area (Å²) in [5.74, 6) is -3.83. The Hall–Kier alpha value is -4.45. The molecule has 1 unspecified atom stereocenters. The molecule has 4 rings (SSSR count). The molecule has 36 heavy (non-hydrogen) atoms. The number of nitro benzene ring substituents is 1. The molecule has 0 spiro atoms. The number of rotatable bonds is 6. The van der Waals surface area contributed by atoms with Gasteiger partial charge in [0.15, 0.2) is 5.13 Å². The predicted molar refractivity (Wildman–Crippen MR) is 127 cm³/mol. The summed E-state index contributed by atoms with van der Waals surface area (Å²) in [4.78, 5) is 54.6. The molecule has 1 fully saturated rings. The third-order valence-corrected chi connectivity index (χ3v) is 6.57. The van der Waals surface area contributed by atoms with E-state index in [9.17, 15) is 34.0 Å². The van der Waals surface area contributed by atoms with E-state index in [4.69, 9.17) is 4.74 Å². The molecule has 1 amide bonds. The lowest BCUT2D eigenvalue weighted by Gasteiger charge is -2.22. The fourth-order valence-electron chi connectivity index (χ4n) is 3.76. The summed E-state index contributed by atoms with van der Waals surface area (Å²) in [6, 6.07) is 8.54. The van der Waals surface area contributed by atoms with Gasteiger partial charge in [0.25, 0.3) is 11.5 Å². The van der Waals surface area contributed by atoms with E-state index in [1.807, 2.05) is 0 Å². The molecule has 2 aromatic carbocycles. The predicted octanol–water partition coefficient (Wildman–Crippen LogP) is 4.30. The van der Waals surface area contributed by atoms with Crippen molar-refractivity contribution in [2.75, 3.05) is 11.5 Å². The van der Waals surface area contributed by atoms with Crippen LogP contribution in [0.25, 0.3) is 5.76 Å². The average Bonchev–Trinajstić information content (AvgIpc) is 3.36. The number of carbonyl (C=O) groups excluding carboxylic acids is 3. The lowest BCUT2D eigenvalue weighted by Crippen LogP contribution is -2.29. The summed E-state index contributed by atoms with van der Waals surface area (Å²) in [7, 11) is 0. The number of aromatic nitrogens is 1. The average molecular weight is 511 g/mol. The molecular weight excluding hydrogens is 493 g/mol. The minimum atomic E-state index is -1.23. The first-order valence-corrected chi connectivity index (χ1v) is 11.4. The molecule has 2 heterocycles. The number of ketones is 1. The third-order valence-electron chi connectivity index (χ3n) is 5.43. The topological polar surface area (TPSA) is 140 Å². The van der Waals surface area contributed by atoms with Crippen molar-refractivity contribution in [1.82, 2.24) is 4.98 Å². The first-order valence-electron chi connectivity index (χ1n) is 10.6. The molecule has 1 aliphatic rings. The van der Waals surface area contributed by atoms with Gasteiger partial charge in [-0.3, -0.25) is 24.6 Å². The molecule has 0 bridgehead atoms. The number of thiazole rings is 1. The molecular formula is C24H18FN3O7S. The Balaban J connectivity index is 1.91. The van der Waals surface area contributed by atoms with Crippen LogP contribution in [0.2, 0.25) is 0 Å². The number of nitrogens with zero attached hydrogens (tertiary/aromatic N) is 3. The maximum atomic E-state index is 13.4. The van der Waals surface area contributed by atoms with Gasteiger partial charge in [-0.15, -0.1) is 0 Å². The van der Waals surface area contributed by atoms with Crippen molar-refractivity contribution < 1.29 is 33.5 Å². The number of hydrogen-bond acceptors (Lipinski definition) is 9. The van der Waals surface area contributed by atoms with Crippen molar-refractivity contribution >= 4 is 45.6 Å². The molecule has 1 atom stereocenters. The third kappa shape index (κ3) is 4.33. The van der Waals surface area contributed by atoms with Gasteiger partial charge >= 0.3 is 11.9 Å². The van der Waals surface area contributed by atoms with Crippen molar-refractivity contribution in [3.63, 3.8) is 0 Å². The van der Waals surface area contributed by atoms with Gasteiger partial charge in [-0.25, -0.2) is 14.2 Å². The van der Waals surface area contributed by atoms with Gasteiger partial charge < -0.3 is 9.84 Å². The van der Waals surface area contributed by atoms with Crippen LogP contribution in [0.4, 0.5) is 15.2 Å². The summed E-state index contributed by atoms with van der Waals surface area (Å²) in [5, 5.41) is 22.1. The summed E-state index contributed by atoms with van der Waals surface area (Å²) < 4.78 is 18.5. The van der Waals surface area contributed by atoms with E-state index in [1.165, 1.54) is 36.4 Å². The Morgan fingerprint density at radius 1 is 1.19 bits per heavy atom. The zero-order chi connectivity index (χ0) is 26.1. The maximum absolute atomic E-state index is 13.4. The van der Waals surface area contributed by atoms with Crippen molar-refractivity contribution in [3.05, 3.63) is 91.7 Å². The SMILES string of the molecule is CCOC(=O)c1sc(N2C(=O)C(=O)/C(=C(/O)c3ccc(F)cc3)C2c2ccc([N+](=O)[O-])cc2)nc1C. The fraction of sp³-hybridized carbons (Fsp3) is 0.167. The molecule has 0 saturated carbocycles. The number of carbonyl (C=O) groups is 3. The Morgan fingerprint density at radius 2 is 1.83 bits per heavy atom. The van der Waals surface area contributed by atoms with Gasteiger partial charge in [0.05, 0.1) is 28.8 Å². The van der Waals surface area contributed by atoms with Crippen LogP contribution in [0.5, 0.6) is 0 Å². The van der Waals surface area contributed by atoms with E-state index in [2.05, 4.69) is 4.98 Å². The first-order chi connectivity index (χ1) is 17.1. The lowest BCUT2D eigenvalue weighted by molar-refractivity contribution is -0.384. The number of ether oxygens (including phenoxy) is 1. The number of benzene rings is 2. The highest BCUT2D eigenvalue weighted by molar-refractivity contribution is 7.17. The number of aryl methyl sites for hydroxylation is 1. The second kappa shape index (κ2) is 9.66. The van der Waals surface area contributed by atoms with E-state index in [0.29, 0.717) is 0 Å². The molecule has 1 aromatic heterocycles. The van der Waals surface area contributed by atoms with E-state index >= 15 is 0 Å². The number of Topliss-reactive ketones (excluding diaryl/α,β-unsaturated/α-hetero) is 1. The molecule has 1 N–H and O–H groups in total. The quantitative estimate of drug-likeness (QED) is 0.129. The highest BCUT2D eigenvalue weighted by Crippen LogP contribution is 2.44. The van der Waals surface area contributed by atoms with E-state index < -0.39 is 40.2 Å². The molecule has 0 aliphatic carbocycles. The zero-order valence-electron chi connectivity index (χ0n) is 18.9. The largest absolute Gasteiger partial charge is 0.507 e. The monoisotopic (exact) mass is 511 g/mol. The summed E-state index contributed by atoms with van der Waals surface area (Å²) >= 11 is 0.834. The Morgan fingerprint density at radius 3 is 2.42 bits per heavy atom. The number of anilines is 1. The second-order valence-electron chi connectivity index (χ2n) is 7.66. The maximum Gasteiger partial charge on any atom is 0.350 e. The van der Waals surface area contributed by atoms with Crippen LogP contribution in [-0.2, 0) is 14.3 Å². The number of aliphatic hydroxyl groups is 1. The summed E-state index contributed by atoms with van der Waals surface area (Å²) in [6.07, 6.45) is 0. The smallest absolute Gasteiger partial charge is 0.350 e. The van der Waals surface area contributed by atoms with Gasteiger partial charge in [-0.05, 0) is 55.8 Å². The normalized spacial score (nSPS) is 16.9. The number of nitro groups is 1. The Bertz CT molecular complexity index is 1410. The molecule has 184 valence electrons. The number of amides is 1. The number of halogens is 1. The number of esters is 1. The summed E-state index contributed by atoms with van der Waals surface area (Å²) in [5.41, 5.74) is 0.101. The van der Waals surface area contributed by atoms with Gasteiger partial charge in [-0.1, -0.05) is 11.3 Å². The van der Waals surface area contributed by atoms with E-state index in [0.717, 1.165) is 28.4 Å². The molecule has 3 aromatic rings. The van der Waals surface area contributed by atoms with Crippen LogP contribution < -0.4 is 4.90 Å². The summed E-state index contributed by atoms with van der Waals surface area (Å²) in [6.45, 7) is 3.30. The van der Waals surface area contributed by atoms with Gasteiger partial charge in [-0.2, -0.15) is 0 Å². The van der Waals surface area contributed by atoms with Crippen LogP contribution in [0.15, 0.2) is 54.1 Å².